The molecule has 0 bridgehead atoms. The number of benzene rings is 1. The first-order valence-corrected chi connectivity index (χ1v) is 8.41. The van der Waals surface area contributed by atoms with Gasteiger partial charge in [0.1, 0.15) is 11.5 Å². The summed E-state index contributed by atoms with van der Waals surface area (Å²) in [6.07, 6.45) is 1.83. The summed E-state index contributed by atoms with van der Waals surface area (Å²) in [6, 6.07) is 4.78. The maximum atomic E-state index is 12.6. The number of nitrogens with one attached hydrogen (secondary N) is 1. The summed E-state index contributed by atoms with van der Waals surface area (Å²) < 4.78 is 0. The third-order valence-electron chi connectivity index (χ3n) is 4.70. The molecule has 2 fully saturated rings. The van der Waals surface area contributed by atoms with Gasteiger partial charge in [-0.05, 0) is 43.9 Å². The summed E-state index contributed by atoms with van der Waals surface area (Å²) >= 11 is 12.1. The smallest absolute Gasteiger partial charge is 0.329 e. The molecule has 3 rings (SSSR count). The topological polar surface area (TPSA) is 86.7 Å². The summed E-state index contributed by atoms with van der Waals surface area (Å²) in [6.45, 7) is 0.330. The molecular formula is C16H16Cl2N2O4. The maximum absolute atomic E-state index is 12.6. The second-order valence-corrected chi connectivity index (χ2v) is 7.00. The fraction of sp³-hybridized carbons (Fsp3) is 0.438. The largest absolute Gasteiger partial charge is 0.480 e. The molecule has 2 amide bonds. The van der Waals surface area contributed by atoms with Crippen molar-refractivity contribution in [2.75, 3.05) is 11.4 Å². The molecule has 0 radical (unpaired) electrons. The van der Waals surface area contributed by atoms with Crippen LogP contribution in [-0.4, -0.2) is 35.0 Å². The van der Waals surface area contributed by atoms with E-state index in [1.165, 1.54) is 4.90 Å². The molecule has 2 aliphatic rings. The first-order valence-electron chi connectivity index (χ1n) is 7.66. The lowest BCUT2D eigenvalue weighted by Gasteiger charge is -2.38. The highest BCUT2D eigenvalue weighted by atomic mass is 35.5. The lowest BCUT2D eigenvalue weighted by molar-refractivity contribution is -0.153. The van der Waals surface area contributed by atoms with Crippen LogP contribution in [0.15, 0.2) is 18.2 Å². The second-order valence-electron chi connectivity index (χ2n) is 6.16. The first kappa shape index (κ1) is 17.0. The molecule has 1 aliphatic heterocycles. The van der Waals surface area contributed by atoms with Gasteiger partial charge in [-0.25, -0.2) is 4.79 Å². The third kappa shape index (κ3) is 2.84. The zero-order valence-corrected chi connectivity index (χ0v) is 14.2. The quantitative estimate of drug-likeness (QED) is 0.797. The van der Waals surface area contributed by atoms with Crippen LogP contribution < -0.4 is 10.2 Å². The van der Waals surface area contributed by atoms with Crippen LogP contribution in [-0.2, 0) is 14.4 Å². The molecule has 0 aromatic heterocycles. The van der Waals surface area contributed by atoms with Crippen LogP contribution in [0.3, 0.4) is 0 Å². The number of halogens is 2. The Bertz CT molecular complexity index is 718. The van der Waals surface area contributed by atoms with Gasteiger partial charge < -0.3 is 15.3 Å². The van der Waals surface area contributed by atoms with Gasteiger partial charge in [0, 0.05) is 11.6 Å². The van der Waals surface area contributed by atoms with Crippen molar-refractivity contribution < 1.29 is 19.5 Å². The molecule has 24 heavy (non-hydrogen) atoms. The van der Waals surface area contributed by atoms with E-state index in [-0.39, 0.29) is 0 Å². The number of carbonyl (C=O) groups is 3. The normalized spacial score (nSPS) is 22.2. The van der Waals surface area contributed by atoms with Crippen molar-refractivity contribution in [2.45, 2.75) is 31.2 Å². The van der Waals surface area contributed by atoms with Gasteiger partial charge in [-0.15, -0.1) is 0 Å². The molecule has 1 heterocycles. The number of hydrogen-bond acceptors (Lipinski definition) is 3. The van der Waals surface area contributed by atoms with Crippen molar-refractivity contribution in [3.63, 3.8) is 0 Å². The van der Waals surface area contributed by atoms with Gasteiger partial charge in [0.2, 0.25) is 11.8 Å². The molecule has 1 aromatic carbocycles. The van der Waals surface area contributed by atoms with Crippen molar-refractivity contribution >= 4 is 46.7 Å². The van der Waals surface area contributed by atoms with E-state index < -0.39 is 29.2 Å². The van der Waals surface area contributed by atoms with Gasteiger partial charge in [-0.1, -0.05) is 23.2 Å². The molecule has 1 saturated carbocycles. The SMILES string of the molecule is O=C(NC1(C(=O)O)CCC1)C1CCN(c2cc(Cl)ccc2Cl)C1=O. The number of amides is 2. The summed E-state index contributed by atoms with van der Waals surface area (Å²) in [4.78, 5) is 37.8. The molecule has 2 N–H and O–H groups in total. The number of carboxylic acid groups (broad SMARTS) is 1. The van der Waals surface area contributed by atoms with Crippen LogP contribution in [0.25, 0.3) is 0 Å². The Morgan fingerprint density at radius 2 is 2.00 bits per heavy atom. The Hall–Kier alpha value is -1.79. The average Bonchev–Trinajstić information content (AvgIpc) is 2.86. The standard InChI is InChI=1S/C16H16Cl2N2O4/c17-9-2-3-11(18)12(8-9)20-7-4-10(14(20)22)13(21)19-16(15(23)24)5-1-6-16/h2-3,8,10H,1,4-7H2,(H,19,21)(H,23,24). The molecule has 1 atom stereocenters. The third-order valence-corrected chi connectivity index (χ3v) is 5.25. The summed E-state index contributed by atoms with van der Waals surface area (Å²) in [5, 5.41) is 12.7. The molecule has 1 aliphatic carbocycles. The molecule has 6 nitrogen and oxygen atoms in total. The number of carbonyl (C=O) groups excluding carboxylic acids is 2. The van der Waals surface area contributed by atoms with Crippen molar-refractivity contribution in [1.82, 2.24) is 5.32 Å². The summed E-state index contributed by atoms with van der Waals surface area (Å²) in [7, 11) is 0. The lowest BCUT2D eigenvalue weighted by atomic mass is 9.76. The molecule has 0 spiro atoms. The van der Waals surface area contributed by atoms with E-state index in [0.717, 1.165) is 6.42 Å². The molecule has 1 unspecified atom stereocenters. The number of hydrogen-bond donors (Lipinski definition) is 2. The fourth-order valence-electron chi connectivity index (χ4n) is 3.10. The van der Waals surface area contributed by atoms with E-state index in [2.05, 4.69) is 5.32 Å². The van der Waals surface area contributed by atoms with E-state index in [1.807, 2.05) is 0 Å². The van der Waals surface area contributed by atoms with Crippen molar-refractivity contribution in [3.8, 4) is 0 Å². The van der Waals surface area contributed by atoms with E-state index >= 15 is 0 Å². The number of anilines is 1. The van der Waals surface area contributed by atoms with Crippen LogP contribution in [0, 0.1) is 5.92 Å². The highest BCUT2D eigenvalue weighted by Gasteiger charge is 2.48. The molecule has 1 saturated heterocycles. The van der Waals surface area contributed by atoms with Gasteiger partial charge in [0.05, 0.1) is 10.7 Å². The maximum Gasteiger partial charge on any atom is 0.329 e. The highest BCUT2D eigenvalue weighted by molar-refractivity contribution is 6.36. The van der Waals surface area contributed by atoms with Crippen LogP contribution in [0.1, 0.15) is 25.7 Å². The predicted octanol–water partition coefficient (Wildman–Crippen LogP) is 2.47. The molecule has 128 valence electrons. The Kier molecular flexibility index (Phi) is 4.44. The van der Waals surface area contributed by atoms with E-state index in [4.69, 9.17) is 23.2 Å². The minimum Gasteiger partial charge on any atom is -0.480 e. The number of aliphatic carboxylic acids is 1. The zero-order chi connectivity index (χ0) is 17.5. The predicted molar refractivity (Wildman–Crippen MR) is 89.3 cm³/mol. The fourth-order valence-corrected chi connectivity index (χ4v) is 3.49. The zero-order valence-electron chi connectivity index (χ0n) is 12.7. The van der Waals surface area contributed by atoms with Crippen molar-refractivity contribution in [1.29, 1.82) is 0 Å². The number of rotatable bonds is 4. The van der Waals surface area contributed by atoms with Gasteiger partial charge in [0.15, 0.2) is 0 Å². The minimum absolute atomic E-state index is 0.309. The van der Waals surface area contributed by atoms with Crippen LogP contribution in [0.2, 0.25) is 10.0 Å². The minimum atomic E-state index is -1.22. The van der Waals surface area contributed by atoms with Crippen LogP contribution in [0.5, 0.6) is 0 Å². The van der Waals surface area contributed by atoms with Crippen LogP contribution >= 0.6 is 23.2 Å². The lowest BCUT2D eigenvalue weighted by Crippen LogP contribution is -2.60. The van der Waals surface area contributed by atoms with Crippen molar-refractivity contribution in [2.24, 2.45) is 5.92 Å². The monoisotopic (exact) mass is 370 g/mol. The molecular weight excluding hydrogens is 355 g/mol. The van der Waals surface area contributed by atoms with Gasteiger partial charge in [-0.2, -0.15) is 0 Å². The van der Waals surface area contributed by atoms with Crippen LogP contribution in [0.4, 0.5) is 5.69 Å². The Balaban J connectivity index is 1.75. The van der Waals surface area contributed by atoms with Gasteiger partial charge in [-0.3, -0.25) is 9.59 Å². The average molecular weight is 371 g/mol. The van der Waals surface area contributed by atoms with E-state index in [1.54, 1.807) is 18.2 Å². The van der Waals surface area contributed by atoms with E-state index in [9.17, 15) is 19.5 Å². The Labute approximate surface area is 148 Å². The van der Waals surface area contributed by atoms with E-state index in [0.29, 0.717) is 41.5 Å². The Morgan fingerprint density at radius 3 is 2.58 bits per heavy atom. The number of carboxylic acids is 1. The Morgan fingerprint density at radius 1 is 1.29 bits per heavy atom. The van der Waals surface area contributed by atoms with Crippen molar-refractivity contribution in [3.05, 3.63) is 28.2 Å². The number of nitrogens with zero attached hydrogens (tertiary/aromatic N) is 1. The highest BCUT2D eigenvalue weighted by Crippen LogP contribution is 2.35. The first-order chi connectivity index (χ1) is 11.3. The van der Waals surface area contributed by atoms with Gasteiger partial charge in [0.25, 0.3) is 0 Å². The summed E-state index contributed by atoms with van der Waals surface area (Å²) in [5.74, 6) is -2.89. The second kappa shape index (κ2) is 6.26. The summed E-state index contributed by atoms with van der Waals surface area (Å²) in [5.41, 5.74) is -0.764. The molecule has 8 heteroatoms. The van der Waals surface area contributed by atoms with Gasteiger partial charge >= 0.3 is 5.97 Å². The molecule has 1 aromatic rings.